The van der Waals surface area contributed by atoms with Gasteiger partial charge < -0.3 is 14.8 Å². The number of nitrogens with zero attached hydrogens (tertiary/aromatic N) is 4. The Morgan fingerprint density at radius 3 is 2.27 bits per heavy atom. The average molecular weight is 570 g/mol. The maximum absolute atomic E-state index is 12.9. The van der Waals surface area contributed by atoms with Crippen molar-refractivity contribution in [1.29, 1.82) is 5.26 Å². The van der Waals surface area contributed by atoms with Gasteiger partial charge >= 0.3 is 0 Å². The fraction of sp³-hybridized carbons (Fsp3) is 0.517. The monoisotopic (exact) mass is 569 g/mol. The molecule has 2 aromatic rings. The Hall–Kier alpha value is -3.01. The van der Waals surface area contributed by atoms with Crippen molar-refractivity contribution in [2.45, 2.75) is 31.6 Å². The lowest BCUT2D eigenvalue weighted by Crippen LogP contribution is -2.61. The lowest BCUT2D eigenvalue weighted by Gasteiger charge is -2.46. The highest BCUT2D eigenvalue weighted by atomic mass is 32.2. The maximum Gasteiger partial charge on any atom is 0.234 e. The van der Waals surface area contributed by atoms with Gasteiger partial charge in [-0.2, -0.15) is 9.57 Å². The van der Waals surface area contributed by atoms with Crippen LogP contribution in [0.5, 0.6) is 5.75 Å². The molecule has 2 atom stereocenters. The third-order valence-corrected chi connectivity index (χ3v) is 8.58. The van der Waals surface area contributed by atoms with E-state index in [1.165, 1.54) is 10.6 Å². The first-order valence-electron chi connectivity index (χ1n) is 13.6. The normalized spacial score (nSPS) is 20.2. The van der Waals surface area contributed by atoms with Crippen LogP contribution in [0.2, 0.25) is 0 Å². The third kappa shape index (κ3) is 8.49. The number of carbonyl (C=O) groups excluding carboxylic acids is 1. The minimum Gasteiger partial charge on any atom is -0.492 e. The molecule has 1 amide bonds. The Labute approximate surface area is 237 Å². The Morgan fingerprint density at radius 1 is 1.05 bits per heavy atom. The van der Waals surface area contributed by atoms with E-state index >= 15 is 0 Å². The first-order valence-corrected chi connectivity index (χ1v) is 15.4. The average Bonchev–Trinajstić information content (AvgIpc) is 2.90. The number of rotatable bonds is 12. The van der Waals surface area contributed by atoms with Gasteiger partial charge in [0.05, 0.1) is 42.2 Å². The fourth-order valence-corrected chi connectivity index (χ4v) is 6.10. The van der Waals surface area contributed by atoms with Crippen molar-refractivity contribution in [3.63, 3.8) is 0 Å². The molecule has 2 bridgehead atoms. The predicted molar refractivity (Wildman–Crippen MR) is 152 cm³/mol. The Bertz CT molecular complexity index is 1270. The second kappa shape index (κ2) is 13.1. The number of sulfonamides is 1. The van der Waals surface area contributed by atoms with E-state index in [1.54, 1.807) is 24.3 Å². The Balaban J connectivity index is 1.22. The smallest absolute Gasteiger partial charge is 0.234 e. The molecule has 11 heteroatoms. The SMILES string of the molecule is CC(C)(NC(=O)CN1CC2CN(CCN(CCOc3ccc(C#N)cc3)S(C)(=O)=O)CC(C1)O2)c1ccccc1. The summed E-state index contributed by atoms with van der Waals surface area (Å²) in [5, 5.41) is 12.1. The van der Waals surface area contributed by atoms with Gasteiger partial charge in [0, 0.05) is 45.8 Å². The molecule has 2 fully saturated rings. The fourth-order valence-electron chi connectivity index (χ4n) is 5.28. The highest BCUT2D eigenvalue weighted by Gasteiger charge is 2.36. The van der Waals surface area contributed by atoms with Crippen LogP contribution in [0.15, 0.2) is 54.6 Å². The molecule has 2 heterocycles. The molecule has 10 nitrogen and oxygen atoms in total. The Kier molecular flexibility index (Phi) is 9.81. The number of hydrogen-bond acceptors (Lipinski definition) is 8. The van der Waals surface area contributed by atoms with Gasteiger partial charge in [0.25, 0.3) is 0 Å². The van der Waals surface area contributed by atoms with Gasteiger partial charge in [0.2, 0.25) is 15.9 Å². The molecule has 2 unspecified atom stereocenters. The zero-order valence-electron chi connectivity index (χ0n) is 23.5. The van der Waals surface area contributed by atoms with Crippen molar-refractivity contribution in [3.05, 3.63) is 65.7 Å². The van der Waals surface area contributed by atoms with Crippen molar-refractivity contribution >= 4 is 15.9 Å². The van der Waals surface area contributed by atoms with Crippen LogP contribution < -0.4 is 10.1 Å². The summed E-state index contributed by atoms with van der Waals surface area (Å²) >= 11 is 0. The summed E-state index contributed by atoms with van der Waals surface area (Å²) in [5.41, 5.74) is 1.14. The maximum atomic E-state index is 12.9. The third-order valence-electron chi connectivity index (χ3n) is 7.27. The molecule has 4 rings (SSSR count). The molecular weight excluding hydrogens is 530 g/mol. The number of morpholine rings is 2. The molecule has 0 radical (unpaired) electrons. The number of nitriles is 1. The first-order chi connectivity index (χ1) is 19.0. The summed E-state index contributed by atoms with van der Waals surface area (Å²) in [6, 6.07) is 18.7. The lowest BCUT2D eigenvalue weighted by molar-refractivity contribution is -0.145. The highest BCUT2D eigenvalue weighted by Crippen LogP contribution is 2.21. The van der Waals surface area contributed by atoms with E-state index in [2.05, 4.69) is 21.2 Å². The van der Waals surface area contributed by atoms with Crippen LogP contribution >= 0.6 is 0 Å². The van der Waals surface area contributed by atoms with Gasteiger partial charge in [-0.3, -0.25) is 14.6 Å². The van der Waals surface area contributed by atoms with Crippen molar-refractivity contribution in [1.82, 2.24) is 19.4 Å². The molecule has 0 aromatic heterocycles. The zero-order chi connectivity index (χ0) is 28.8. The largest absolute Gasteiger partial charge is 0.492 e. The summed E-state index contributed by atoms with van der Waals surface area (Å²) in [6.07, 6.45) is 1.15. The number of fused-ring (bicyclic) bond motifs is 2. The standard InChI is InChI=1S/C29H39N5O5S/c1-29(2,24-7-5-4-6-8-24)31-28(35)22-33-20-26-18-32(19-27(21-33)39-26)13-14-34(40(3,36)37)15-16-38-25-11-9-23(17-30)10-12-25/h4-12,26-27H,13-16,18-22H2,1-3H3,(H,31,35). The lowest BCUT2D eigenvalue weighted by atomic mass is 9.94. The summed E-state index contributed by atoms with van der Waals surface area (Å²) in [7, 11) is -3.41. The minimum atomic E-state index is -3.41. The predicted octanol–water partition coefficient (Wildman–Crippen LogP) is 1.64. The highest BCUT2D eigenvalue weighted by molar-refractivity contribution is 7.88. The molecule has 2 aromatic carbocycles. The van der Waals surface area contributed by atoms with E-state index < -0.39 is 15.6 Å². The molecule has 0 saturated carbocycles. The van der Waals surface area contributed by atoms with E-state index in [9.17, 15) is 13.2 Å². The van der Waals surface area contributed by atoms with Crippen molar-refractivity contribution in [3.8, 4) is 11.8 Å². The van der Waals surface area contributed by atoms with E-state index in [-0.39, 0.29) is 31.3 Å². The van der Waals surface area contributed by atoms with Crippen LogP contribution in [-0.4, -0.2) is 106 Å². The van der Waals surface area contributed by atoms with Gasteiger partial charge in [-0.05, 0) is 43.7 Å². The van der Waals surface area contributed by atoms with Crippen molar-refractivity contribution in [2.24, 2.45) is 0 Å². The van der Waals surface area contributed by atoms with E-state index in [4.69, 9.17) is 14.7 Å². The minimum absolute atomic E-state index is 0.0160. The van der Waals surface area contributed by atoms with E-state index in [1.807, 2.05) is 44.2 Å². The number of ether oxygens (including phenoxy) is 2. The molecule has 0 aliphatic carbocycles. The quantitative estimate of drug-likeness (QED) is 0.410. The van der Waals surface area contributed by atoms with Crippen LogP contribution in [0.4, 0.5) is 0 Å². The van der Waals surface area contributed by atoms with Gasteiger partial charge in [0.15, 0.2) is 0 Å². The molecular formula is C29H39N5O5S. The number of hydrogen-bond donors (Lipinski definition) is 1. The Morgan fingerprint density at radius 2 is 1.68 bits per heavy atom. The molecule has 2 aliphatic heterocycles. The van der Waals surface area contributed by atoms with Crippen LogP contribution in [-0.2, 0) is 25.1 Å². The second-order valence-corrected chi connectivity index (χ2v) is 13.0. The van der Waals surface area contributed by atoms with E-state index in [0.29, 0.717) is 57.1 Å². The summed E-state index contributed by atoms with van der Waals surface area (Å²) in [6.45, 7) is 8.39. The topological polar surface area (TPSA) is 115 Å². The van der Waals surface area contributed by atoms with Gasteiger partial charge in [-0.15, -0.1) is 0 Å². The number of benzene rings is 2. The molecule has 1 N–H and O–H groups in total. The first kappa shape index (κ1) is 30.0. The van der Waals surface area contributed by atoms with Crippen LogP contribution in [0, 0.1) is 11.3 Å². The van der Waals surface area contributed by atoms with Crippen LogP contribution in [0.25, 0.3) is 0 Å². The second-order valence-electron chi connectivity index (χ2n) is 11.0. The number of nitrogens with one attached hydrogen (secondary N) is 1. The van der Waals surface area contributed by atoms with Gasteiger partial charge in [0.1, 0.15) is 12.4 Å². The zero-order valence-corrected chi connectivity index (χ0v) is 24.3. The van der Waals surface area contributed by atoms with Gasteiger partial charge in [-0.1, -0.05) is 30.3 Å². The van der Waals surface area contributed by atoms with Crippen molar-refractivity contribution in [2.75, 3.05) is 65.2 Å². The molecule has 216 valence electrons. The molecule has 0 spiro atoms. The van der Waals surface area contributed by atoms with Crippen LogP contribution in [0.1, 0.15) is 25.0 Å². The summed E-state index contributed by atoms with van der Waals surface area (Å²) in [4.78, 5) is 17.3. The molecule has 2 aliphatic rings. The number of carbonyl (C=O) groups is 1. The number of amides is 1. The summed E-state index contributed by atoms with van der Waals surface area (Å²) < 4.78 is 38.1. The molecule has 40 heavy (non-hydrogen) atoms. The van der Waals surface area contributed by atoms with E-state index in [0.717, 1.165) is 5.56 Å². The van der Waals surface area contributed by atoms with Crippen molar-refractivity contribution < 1.29 is 22.7 Å². The van der Waals surface area contributed by atoms with Gasteiger partial charge in [-0.25, -0.2) is 8.42 Å². The van der Waals surface area contributed by atoms with Crippen LogP contribution in [0.3, 0.4) is 0 Å². The molecule has 2 saturated heterocycles. The summed E-state index contributed by atoms with van der Waals surface area (Å²) in [5.74, 6) is 0.577.